The van der Waals surface area contributed by atoms with Gasteiger partial charge in [-0.15, -0.1) is 0 Å². The maximum absolute atomic E-state index is 12.3. The summed E-state index contributed by atoms with van der Waals surface area (Å²) in [5.41, 5.74) is 6.00. The molecule has 0 aliphatic carbocycles. The second-order valence-corrected chi connectivity index (χ2v) is 5.94. The molecule has 0 saturated heterocycles. The summed E-state index contributed by atoms with van der Waals surface area (Å²) in [6.07, 6.45) is 2.93. The van der Waals surface area contributed by atoms with E-state index in [2.05, 4.69) is 25.0 Å². The number of Topliss-reactive ketones (excluding diaryl/α,β-unsaturated/α-hetero) is 1. The zero-order chi connectivity index (χ0) is 14.1. The second kappa shape index (κ2) is 5.28. The summed E-state index contributed by atoms with van der Waals surface area (Å²) in [7, 11) is 0. The standard InChI is InChI=1S/C18H19BO/c1-13-4-3-5-16(10-13)18(20)12-14-6-7-15-8-9-19(2)17(15)11-14/h3-7,10-11H,8-9,12H2,1-2H3. The number of hydrogen-bond acceptors (Lipinski definition) is 1. The molecule has 0 amide bonds. The van der Waals surface area contributed by atoms with E-state index in [1.807, 2.05) is 31.2 Å². The summed E-state index contributed by atoms with van der Waals surface area (Å²) in [5, 5.41) is 0. The van der Waals surface area contributed by atoms with Gasteiger partial charge in [0.1, 0.15) is 0 Å². The molecule has 0 bridgehead atoms. The highest BCUT2D eigenvalue weighted by molar-refractivity contribution is 6.73. The van der Waals surface area contributed by atoms with Crippen molar-refractivity contribution in [3.8, 4) is 0 Å². The van der Waals surface area contributed by atoms with Gasteiger partial charge in [-0.3, -0.25) is 4.79 Å². The maximum atomic E-state index is 12.3. The molecule has 0 N–H and O–H groups in total. The molecular weight excluding hydrogens is 243 g/mol. The van der Waals surface area contributed by atoms with Crippen LogP contribution in [0.2, 0.25) is 13.1 Å². The van der Waals surface area contributed by atoms with E-state index in [0.29, 0.717) is 13.1 Å². The first kappa shape index (κ1) is 13.2. The van der Waals surface area contributed by atoms with Gasteiger partial charge in [0, 0.05) is 12.0 Å². The van der Waals surface area contributed by atoms with Crippen LogP contribution in [0, 0.1) is 6.92 Å². The van der Waals surface area contributed by atoms with E-state index in [4.69, 9.17) is 0 Å². The fourth-order valence-corrected chi connectivity index (χ4v) is 3.07. The molecule has 3 rings (SSSR count). The summed E-state index contributed by atoms with van der Waals surface area (Å²) in [4.78, 5) is 12.3. The van der Waals surface area contributed by atoms with Crippen LogP contribution in [-0.2, 0) is 12.8 Å². The Bertz CT molecular complexity index is 660. The quantitative estimate of drug-likeness (QED) is 0.612. The molecule has 2 aromatic carbocycles. The fraction of sp³-hybridized carbons (Fsp3) is 0.278. The molecule has 0 fully saturated rings. The number of rotatable bonds is 3. The Kier molecular flexibility index (Phi) is 3.48. The van der Waals surface area contributed by atoms with Crippen LogP contribution in [-0.4, -0.2) is 12.5 Å². The zero-order valence-electron chi connectivity index (χ0n) is 12.1. The lowest BCUT2D eigenvalue weighted by molar-refractivity contribution is 0.0993. The molecule has 0 saturated carbocycles. The van der Waals surface area contributed by atoms with E-state index >= 15 is 0 Å². The smallest absolute Gasteiger partial charge is 0.173 e. The summed E-state index contributed by atoms with van der Waals surface area (Å²) < 4.78 is 0. The molecule has 1 aliphatic rings. The minimum absolute atomic E-state index is 0.208. The third-order valence-corrected chi connectivity index (χ3v) is 4.29. The van der Waals surface area contributed by atoms with Gasteiger partial charge in [0.2, 0.25) is 0 Å². The van der Waals surface area contributed by atoms with Crippen LogP contribution in [0.3, 0.4) is 0 Å². The summed E-state index contributed by atoms with van der Waals surface area (Å²) in [5.74, 6) is 0.208. The Morgan fingerprint density at radius 1 is 1.20 bits per heavy atom. The van der Waals surface area contributed by atoms with Gasteiger partial charge in [-0.05, 0) is 25.0 Å². The average molecular weight is 262 g/mol. The third kappa shape index (κ3) is 2.56. The van der Waals surface area contributed by atoms with Crippen molar-refractivity contribution in [2.75, 3.05) is 0 Å². The predicted octanol–water partition coefficient (Wildman–Crippen LogP) is 3.31. The number of carbonyl (C=O) groups is 1. The van der Waals surface area contributed by atoms with Gasteiger partial charge < -0.3 is 0 Å². The molecule has 1 nitrogen and oxygen atoms in total. The topological polar surface area (TPSA) is 17.1 Å². The highest BCUT2D eigenvalue weighted by Crippen LogP contribution is 2.17. The largest absolute Gasteiger partial charge is 0.294 e. The SMILES string of the molecule is CB1CCc2ccc(CC(=O)c3cccc(C)c3)cc21. The Balaban J connectivity index is 1.82. The van der Waals surface area contributed by atoms with Crippen LogP contribution in [0.25, 0.3) is 0 Å². The number of ketones is 1. The summed E-state index contributed by atoms with van der Waals surface area (Å²) in [6.45, 7) is 4.94. The number of aryl methyl sites for hydroxylation is 2. The molecule has 100 valence electrons. The van der Waals surface area contributed by atoms with Crippen molar-refractivity contribution in [3.63, 3.8) is 0 Å². The normalized spacial score (nSPS) is 13.4. The molecule has 0 spiro atoms. The molecule has 20 heavy (non-hydrogen) atoms. The first-order chi connectivity index (χ1) is 9.63. The molecule has 1 heterocycles. The zero-order valence-corrected chi connectivity index (χ0v) is 12.1. The summed E-state index contributed by atoms with van der Waals surface area (Å²) in [6, 6.07) is 14.4. The van der Waals surface area contributed by atoms with Crippen molar-refractivity contribution >= 4 is 18.0 Å². The van der Waals surface area contributed by atoms with Gasteiger partial charge in [0.15, 0.2) is 12.5 Å². The van der Waals surface area contributed by atoms with Crippen LogP contribution in [0.4, 0.5) is 0 Å². The Labute approximate surface area is 121 Å². The lowest BCUT2D eigenvalue weighted by atomic mass is 9.48. The molecule has 1 aliphatic heterocycles. The van der Waals surface area contributed by atoms with Gasteiger partial charge in [0.25, 0.3) is 0 Å². The van der Waals surface area contributed by atoms with E-state index in [9.17, 15) is 4.79 Å². The lowest BCUT2D eigenvalue weighted by Gasteiger charge is -2.07. The fourth-order valence-electron chi connectivity index (χ4n) is 3.07. The Hall–Kier alpha value is -1.83. The highest BCUT2D eigenvalue weighted by atomic mass is 16.1. The monoisotopic (exact) mass is 262 g/mol. The van der Waals surface area contributed by atoms with Crippen molar-refractivity contribution in [2.45, 2.75) is 32.9 Å². The minimum Gasteiger partial charge on any atom is -0.294 e. The molecule has 0 atom stereocenters. The van der Waals surface area contributed by atoms with E-state index in [1.54, 1.807) is 0 Å². The molecule has 0 radical (unpaired) electrons. The lowest BCUT2D eigenvalue weighted by Crippen LogP contribution is -2.23. The minimum atomic E-state index is 0.208. The van der Waals surface area contributed by atoms with E-state index in [0.717, 1.165) is 16.7 Å². The molecular formula is C18H19BO. The van der Waals surface area contributed by atoms with Gasteiger partial charge in [-0.2, -0.15) is 0 Å². The van der Waals surface area contributed by atoms with Crippen molar-refractivity contribution in [1.82, 2.24) is 0 Å². The molecule has 0 aromatic heterocycles. The first-order valence-electron chi connectivity index (χ1n) is 7.35. The summed E-state index contributed by atoms with van der Waals surface area (Å²) >= 11 is 0. The van der Waals surface area contributed by atoms with Gasteiger partial charge in [0.05, 0.1) is 0 Å². The number of carbonyl (C=O) groups excluding carboxylic acids is 1. The van der Waals surface area contributed by atoms with Crippen LogP contribution in [0.1, 0.15) is 27.0 Å². The van der Waals surface area contributed by atoms with Crippen molar-refractivity contribution < 1.29 is 4.79 Å². The van der Waals surface area contributed by atoms with Crippen molar-refractivity contribution in [3.05, 3.63) is 64.7 Å². The number of fused-ring (bicyclic) bond motifs is 1. The van der Waals surface area contributed by atoms with Crippen LogP contribution < -0.4 is 5.46 Å². The predicted molar refractivity (Wildman–Crippen MR) is 85.4 cm³/mol. The molecule has 2 aromatic rings. The molecule has 0 unspecified atom stereocenters. The third-order valence-electron chi connectivity index (χ3n) is 4.29. The van der Waals surface area contributed by atoms with Crippen LogP contribution in [0.5, 0.6) is 0 Å². The van der Waals surface area contributed by atoms with Gasteiger partial charge >= 0.3 is 0 Å². The van der Waals surface area contributed by atoms with Gasteiger partial charge in [-0.25, -0.2) is 0 Å². The number of benzene rings is 2. The number of hydrogen-bond donors (Lipinski definition) is 0. The Morgan fingerprint density at radius 3 is 2.85 bits per heavy atom. The van der Waals surface area contributed by atoms with Crippen LogP contribution >= 0.6 is 0 Å². The van der Waals surface area contributed by atoms with E-state index in [-0.39, 0.29) is 5.78 Å². The highest BCUT2D eigenvalue weighted by Gasteiger charge is 2.21. The Morgan fingerprint density at radius 2 is 2.05 bits per heavy atom. The van der Waals surface area contributed by atoms with E-state index < -0.39 is 0 Å². The average Bonchev–Trinajstić information content (AvgIpc) is 2.80. The van der Waals surface area contributed by atoms with Crippen LogP contribution in [0.15, 0.2) is 42.5 Å². The maximum Gasteiger partial charge on any atom is 0.173 e. The van der Waals surface area contributed by atoms with Crippen molar-refractivity contribution in [1.29, 1.82) is 0 Å². The van der Waals surface area contributed by atoms with Gasteiger partial charge in [-0.1, -0.05) is 66.1 Å². The molecule has 2 heteroatoms. The van der Waals surface area contributed by atoms with Crippen molar-refractivity contribution in [2.24, 2.45) is 0 Å². The van der Waals surface area contributed by atoms with E-state index in [1.165, 1.54) is 23.8 Å². The first-order valence-corrected chi connectivity index (χ1v) is 7.35. The second-order valence-electron chi connectivity index (χ2n) is 5.94.